The average Bonchev–Trinajstić information content (AvgIpc) is 1.31. The molecular formula is C4H11NO2. The van der Waals surface area contributed by atoms with Crippen molar-refractivity contribution in [2.75, 3.05) is 14.1 Å². The van der Waals surface area contributed by atoms with E-state index in [-0.39, 0.29) is 0 Å². The molecule has 1 N–H and O–H groups in total. The van der Waals surface area contributed by atoms with Gasteiger partial charge in [0.1, 0.15) is 0 Å². The Hall–Kier alpha value is -0.120. The summed E-state index contributed by atoms with van der Waals surface area (Å²) in [4.78, 5) is 0. The fraction of sp³-hybridized carbons (Fsp3) is 1.00. The quantitative estimate of drug-likeness (QED) is 0.287. The molecule has 0 aromatic heterocycles. The Balaban J connectivity index is 3.54. The smallest absolute Gasteiger partial charge is 0.186 e. The van der Waals surface area contributed by atoms with Crippen LogP contribution in [-0.4, -0.2) is 30.1 Å². The number of aliphatic hydroxyl groups is 1. The van der Waals surface area contributed by atoms with Crippen LogP contribution < -0.4 is 0 Å². The molecule has 1 unspecified atom stereocenters. The molecule has 3 nitrogen and oxygen atoms in total. The van der Waals surface area contributed by atoms with Gasteiger partial charge in [0.15, 0.2) is 6.23 Å². The first kappa shape index (κ1) is 6.88. The molecule has 0 heterocycles. The van der Waals surface area contributed by atoms with Gasteiger partial charge in [-0.05, 0) is 0 Å². The van der Waals surface area contributed by atoms with Crippen LogP contribution in [0.3, 0.4) is 0 Å². The lowest BCUT2D eigenvalue weighted by molar-refractivity contribution is -0.888. The van der Waals surface area contributed by atoms with Crippen molar-refractivity contribution in [3.63, 3.8) is 0 Å². The molecule has 0 aromatic rings. The van der Waals surface area contributed by atoms with Crippen molar-refractivity contribution in [2.24, 2.45) is 0 Å². The number of hydroxylamine groups is 3. The van der Waals surface area contributed by atoms with Crippen molar-refractivity contribution in [1.82, 2.24) is 0 Å². The van der Waals surface area contributed by atoms with E-state index < -0.39 is 10.9 Å². The first-order valence-corrected chi connectivity index (χ1v) is 2.17. The van der Waals surface area contributed by atoms with E-state index >= 15 is 0 Å². The molecule has 3 heteroatoms. The third-order valence-corrected chi connectivity index (χ3v) is 0.900. The zero-order chi connectivity index (χ0) is 6.08. The highest BCUT2D eigenvalue weighted by Crippen LogP contribution is 1.96. The minimum atomic E-state index is -0.819. The lowest BCUT2D eigenvalue weighted by atomic mass is 10.6. The van der Waals surface area contributed by atoms with Crippen LogP contribution in [0.2, 0.25) is 0 Å². The van der Waals surface area contributed by atoms with E-state index in [1.807, 2.05) is 0 Å². The summed E-state index contributed by atoms with van der Waals surface area (Å²) in [7, 11) is 2.79. The fourth-order valence-electron chi connectivity index (χ4n) is 0. The summed E-state index contributed by atoms with van der Waals surface area (Å²) in [5.74, 6) is 0. The van der Waals surface area contributed by atoms with Crippen molar-refractivity contribution in [2.45, 2.75) is 13.2 Å². The minimum absolute atomic E-state index is 0.639. The lowest BCUT2D eigenvalue weighted by Gasteiger charge is -2.36. The SMILES string of the molecule is CC(O)[N+](C)(C)[O-]. The summed E-state index contributed by atoms with van der Waals surface area (Å²) in [6.07, 6.45) is -0.819. The number of quaternary nitrogens is 1. The summed E-state index contributed by atoms with van der Waals surface area (Å²) in [6, 6.07) is 0. The van der Waals surface area contributed by atoms with Gasteiger partial charge in [-0.2, -0.15) is 0 Å². The number of hydrogen-bond donors (Lipinski definition) is 1. The number of hydrogen-bond acceptors (Lipinski definition) is 2. The Kier molecular flexibility index (Phi) is 1.75. The predicted molar refractivity (Wildman–Crippen MR) is 27.2 cm³/mol. The van der Waals surface area contributed by atoms with E-state index in [1.54, 1.807) is 0 Å². The molecule has 0 fully saturated rings. The molecule has 1 atom stereocenters. The van der Waals surface area contributed by atoms with Crippen LogP contribution in [0.4, 0.5) is 0 Å². The second-order valence-electron chi connectivity index (χ2n) is 2.07. The molecule has 0 saturated heterocycles. The van der Waals surface area contributed by atoms with Gasteiger partial charge in [-0.1, -0.05) is 0 Å². The third kappa shape index (κ3) is 2.56. The second kappa shape index (κ2) is 1.78. The number of aliphatic hydroxyl groups excluding tert-OH is 1. The van der Waals surface area contributed by atoms with Crippen molar-refractivity contribution in [1.29, 1.82) is 0 Å². The maximum Gasteiger partial charge on any atom is 0.186 e. The van der Waals surface area contributed by atoms with Crippen LogP contribution in [0.15, 0.2) is 0 Å². The molecule has 0 rings (SSSR count). The van der Waals surface area contributed by atoms with E-state index in [4.69, 9.17) is 5.11 Å². The molecule has 0 aliphatic carbocycles. The molecule has 0 saturated carbocycles. The molecule has 0 bridgehead atoms. The summed E-state index contributed by atoms with van der Waals surface area (Å²) < 4.78 is -0.639. The van der Waals surface area contributed by atoms with Gasteiger partial charge in [-0.15, -0.1) is 0 Å². The summed E-state index contributed by atoms with van der Waals surface area (Å²) in [6.45, 7) is 1.47. The Labute approximate surface area is 43.3 Å². The largest absolute Gasteiger partial charge is 0.631 e. The zero-order valence-corrected chi connectivity index (χ0v) is 4.88. The molecule has 7 heavy (non-hydrogen) atoms. The topological polar surface area (TPSA) is 43.3 Å². The van der Waals surface area contributed by atoms with E-state index in [0.29, 0.717) is 0 Å². The summed E-state index contributed by atoms with van der Waals surface area (Å²) in [5, 5.41) is 19.0. The van der Waals surface area contributed by atoms with Gasteiger partial charge in [0.2, 0.25) is 0 Å². The van der Waals surface area contributed by atoms with Crippen molar-refractivity contribution in [3.05, 3.63) is 5.21 Å². The predicted octanol–water partition coefficient (Wildman–Crippen LogP) is -0.101. The highest BCUT2D eigenvalue weighted by molar-refractivity contribution is 4.25. The molecule has 0 radical (unpaired) electrons. The Bertz CT molecular complexity index is 55.2. The average molecular weight is 105 g/mol. The van der Waals surface area contributed by atoms with Crippen LogP contribution >= 0.6 is 0 Å². The highest BCUT2D eigenvalue weighted by Gasteiger charge is 2.07. The van der Waals surface area contributed by atoms with E-state index in [0.717, 1.165) is 0 Å². The van der Waals surface area contributed by atoms with Gasteiger partial charge >= 0.3 is 0 Å². The van der Waals surface area contributed by atoms with Crippen LogP contribution in [0.1, 0.15) is 6.92 Å². The maximum absolute atomic E-state index is 10.5. The molecule has 0 spiro atoms. The first-order chi connectivity index (χ1) is 2.94. The Morgan fingerprint density at radius 2 is 1.71 bits per heavy atom. The van der Waals surface area contributed by atoms with E-state index in [9.17, 15) is 5.21 Å². The standard InChI is InChI=1S/C4H11NO2/c1-4(6)5(2,3)7/h4,6H,1-3H3. The van der Waals surface area contributed by atoms with Gasteiger partial charge in [-0.3, -0.25) is 0 Å². The maximum atomic E-state index is 10.5. The van der Waals surface area contributed by atoms with Gasteiger partial charge in [0, 0.05) is 6.92 Å². The lowest BCUT2D eigenvalue weighted by Crippen LogP contribution is -2.40. The van der Waals surface area contributed by atoms with E-state index in [2.05, 4.69) is 0 Å². The Morgan fingerprint density at radius 1 is 1.57 bits per heavy atom. The van der Waals surface area contributed by atoms with Gasteiger partial charge in [0.05, 0.1) is 14.1 Å². The molecule has 0 aromatic carbocycles. The van der Waals surface area contributed by atoms with Crippen molar-refractivity contribution >= 4 is 0 Å². The summed E-state index contributed by atoms with van der Waals surface area (Å²) in [5.41, 5.74) is 0. The molecule has 0 aliphatic heterocycles. The van der Waals surface area contributed by atoms with Crippen molar-refractivity contribution in [3.8, 4) is 0 Å². The van der Waals surface area contributed by atoms with Crippen LogP contribution in [0, 0.1) is 5.21 Å². The monoisotopic (exact) mass is 105 g/mol. The molecular weight excluding hydrogens is 94.0 g/mol. The van der Waals surface area contributed by atoms with Gasteiger partial charge in [0.25, 0.3) is 0 Å². The van der Waals surface area contributed by atoms with Crippen LogP contribution in [0.25, 0.3) is 0 Å². The van der Waals surface area contributed by atoms with Crippen LogP contribution in [-0.2, 0) is 0 Å². The van der Waals surface area contributed by atoms with Gasteiger partial charge < -0.3 is 15.0 Å². The normalized spacial score (nSPS) is 16.7. The number of rotatable bonds is 1. The van der Waals surface area contributed by atoms with E-state index in [1.165, 1.54) is 21.0 Å². The molecule has 44 valence electrons. The van der Waals surface area contributed by atoms with Crippen molar-refractivity contribution < 1.29 is 9.75 Å². The molecule has 0 amide bonds. The zero-order valence-electron chi connectivity index (χ0n) is 4.88. The third-order valence-electron chi connectivity index (χ3n) is 0.900. The fourth-order valence-corrected chi connectivity index (χ4v) is 0. The van der Waals surface area contributed by atoms with Crippen LogP contribution in [0.5, 0.6) is 0 Å². The Morgan fingerprint density at radius 3 is 1.71 bits per heavy atom. The number of nitrogens with zero attached hydrogens (tertiary/aromatic N) is 1. The minimum Gasteiger partial charge on any atom is -0.631 e. The first-order valence-electron chi connectivity index (χ1n) is 2.17. The second-order valence-corrected chi connectivity index (χ2v) is 2.07. The summed E-state index contributed by atoms with van der Waals surface area (Å²) >= 11 is 0. The molecule has 0 aliphatic rings. The highest BCUT2D eigenvalue weighted by atomic mass is 16.6. The van der Waals surface area contributed by atoms with Gasteiger partial charge in [-0.25, -0.2) is 0 Å².